The highest BCUT2D eigenvalue weighted by molar-refractivity contribution is 6.31. The number of halogens is 1. The predicted molar refractivity (Wildman–Crippen MR) is 110 cm³/mol. The number of hydrogen-bond donors (Lipinski definition) is 0. The number of aromatic nitrogens is 2. The van der Waals surface area contributed by atoms with Crippen molar-refractivity contribution in [2.75, 3.05) is 13.1 Å². The lowest BCUT2D eigenvalue weighted by Gasteiger charge is -2.26. The fourth-order valence-electron chi connectivity index (χ4n) is 3.79. The van der Waals surface area contributed by atoms with E-state index in [1.165, 1.54) is 33.3 Å². The van der Waals surface area contributed by atoms with Gasteiger partial charge in [0, 0.05) is 60.8 Å². The van der Waals surface area contributed by atoms with Crippen molar-refractivity contribution >= 4 is 34.3 Å². The van der Waals surface area contributed by atoms with Crippen molar-refractivity contribution < 1.29 is 0 Å². The highest BCUT2D eigenvalue weighted by Crippen LogP contribution is 2.34. The molecule has 2 aromatic heterocycles. The number of nitrogens with zero attached hydrogens (tertiary/aromatic N) is 3. The molecule has 0 saturated carbocycles. The Hall–Kier alpha value is -2.36. The number of pyridine rings is 1. The molecule has 0 N–H and O–H groups in total. The molecule has 0 spiro atoms. The van der Waals surface area contributed by atoms with E-state index >= 15 is 0 Å². The summed E-state index contributed by atoms with van der Waals surface area (Å²) in [6, 6.07) is 10.3. The largest absolute Gasteiger partial charge is 0.320 e. The third-order valence-corrected chi connectivity index (χ3v) is 5.31. The molecular weight excluding hydrogens is 342 g/mol. The van der Waals surface area contributed by atoms with Gasteiger partial charge in [0.2, 0.25) is 0 Å². The number of allylic oxidation sites excluding steroid dienone is 1. The first-order chi connectivity index (χ1) is 12.7. The second-order valence-electron chi connectivity index (χ2n) is 6.78. The van der Waals surface area contributed by atoms with Crippen molar-refractivity contribution in [1.82, 2.24) is 14.5 Å². The van der Waals surface area contributed by atoms with Crippen molar-refractivity contribution in [2.45, 2.75) is 19.9 Å². The molecule has 0 radical (unpaired) electrons. The summed E-state index contributed by atoms with van der Waals surface area (Å²) in [4.78, 5) is 6.55. The molecule has 0 fully saturated rings. The first-order valence-corrected chi connectivity index (χ1v) is 9.28. The van der Waals surface area contributed by atoms with Crippen molar-refractivity contribution in [3.05, 3.63) is 77.2 Å². The molecule has 3 aromatic rings. The summed E-state index contributed by atoms with van der Waals surface area (Å²) in [6.45, 7) is 8.93. The average molecular weight is 364 g/mol. The van der Waals surface area contributed by atoms with Crippen LogP contribution < -0.4 is 0 Å². The van der Waals surface area contributed by atoms with Gasteiger partial charge < -0.3 is 4.57 Å². The van der Waals surface area contributed by atoms with Gasteiger partial charge in [-0.05, 0) is 54.0 Å². The minimum atomic E-state index is 0.785. The van der Waals surface area contributed by atoms with E-state index in [1.807, 2.05) is 36.7 Å². The minimum Gasteiger partial charge on any atom is -0.320 e. The maximum Gasteiger partial charge on any atom is 0.0529 e. The van der Waals surface area contributed by atoms with Gasteiger partial charge in [-0.15, -0.1) is 6.58 Å². The normalized spacial score (nSPS) is 15.2. The number of benzene rings is 1. The van der Waals surface area contributed by atoms with E-state index in [9.17, 15) is 0 Å². The van der Waals surface area contributed by atoms with Crippen LogP contribution in [0.1, 0.15) is 23.7 Å². The fraction of sp³-hybridized carbons (Fsp3) is 0.227. The van der Waals surface area contributed by atoms with E-state index in [1.54, 1.807) is 0 Å². The highest BCUT2D eigenvalue weighted by Gasteiger charge is 2.23. The molecule has 0 unspecified atom stereocenters. The Kier molecular flexibility index (Phi) is 4.66. The van der Waals surface area contributed by atoms with E-state index in [2.05, 4.69) is 46.3 Å². The van der Waals surface area contributed by atoms with Crippen LogP contribution in [0.3, 0.4) is 0 Å². The molecule has 1 aromatic carbocycles. The number of rotatable bonds is 4. The molecule has 4 rings (SSSR count). The van der Waals surface area contributed by atoms with Gasteiger partial charge in [0.15, 0.2) is 0 Å². The van der Waals surface area contributed by atoms with E-state index in [4.69, 9.17) is 11.6 Å². The van der Waals surface area contributed by atoms with Gasteiger partial charge in [-0.1, -0.05) is 17.7 Å². The topological polar surface area (TPSA) is 21.1 Å². The fourth-order valence-corrected chi connectivity index (χ4v) is 3.96. The first kappa shape index (κ1) is 17.1. The molecule has 26 heavy (non-hydrogen) atoms. The molecule has 1 aliphatic rings. The van der Waals surface area contributed by atoms with Crippen molar-refractivity contribution in [2.24, 2.45) is 0 Å². The number of fused-ring (bicyclic) bond motifs is 3. The Labute approximate surface area is 159 Å². The Morgan fingerprint density at radius 3 is 2.85 bits per heavy atom. The molecule has 132 valence electrons. The number of hydrogen-bond acceptors (Lipinski definition) is 2. The Morgan fingerprint density at radius 1 is 1.27 bits per heavy atom. The van der Waals surface area contributed by atoms with Crippen LogP contribution in [0.15, 0.2) is 55.4 Å². The SMILES string of the molecule is C=CCN1CCc2c(c3cc(Cl)ccc3n2C=C(C)c2ccncc2)C1. The third kappa shape index (κ3) is 3.09. The van der Waals surface area contributed by atoms with Gasteiger partial charge in [-0.2, -0.15) is 0 Å². The van der Waals surface area contributed by atoms with Crippen LogP contribution in [0.2, 0.25) is 5.02 Å². The van der Waals surface area contributed by atoms with E-state index in [0.717, 1.165) is 31.1 Å². The van der Waals surface area contributed by atoms with E-state index in [0.29, 0.717) is 0 Å². The van der Waals surface area contributed by atoms with Gasteiger partial charge in [-0.25, -0.2) is 0 Å². The lowest BCUT2D eigenvalue weighted by Crippen LogP contribution is -2.30. The molecule has 0 bridgehead atoms. The predicted octanol–water partition coefficient (Wildman–Crippen LogP) is 5.25. The van der Waals surface area contributed by atoms with Crippen LogP contribution in [0.5, 0.6) is 0 Å². The summed E-state index contributed by atoms with van der Waals surface area (Å²) in [6.07, 6.45) is 8.92. The summed E-state index contributed by atoms with van der Waals surface area (Å²) >= 11 is 6.31. The van der Waals surface area contributed by atoms with E-state index < -0.39 is 0 Å². The van der Waals surface area contributed by atoms with Crippen LogP contribution >= 0.6 is 11.6 Å². The van der Waals surface area contributed by atoms with Crippen LogP contribution in [0, 0.1) is 0 Å². The molecule has 0 amide bonds. The second kappa shape index (κ2) is 7.10. The van der Waals surface area contributed by atoms with Crippen LogP contribution in [0.4, 0.5) is 0 Å². The lowest BCUT2D eigenvalue weighted by atomic mass is 10.0. The van der Waals surface area contributed by atoms with Gasteiger partial charge in [0.1, 0.15) is 0 Å². The van der Waals surface area contributed by atoms with Gasteiger partial charge in [0.25, 0.3) is 0 Å². The van der Waals surface area contributed by atoms with Crippen molar-refractivity contribution in [3.63, 3.8) is 0 Å². The Balaban J connectivity index is 1.87. The molecule has 0 saturated heterocycles. The zero-order chi connectivity index (χ0) is 18.1. The molecule has 0 aliphatic carbocycles. The molecule has 3 heterocycles. The maximum absolute atomic E-state index is 6.31. The van der Waals surface area contributed by atoms with Crippen molar-refractivity contribution in [3.8, 4) is 0 Å². The molecular formula is C22H22ClN3. The standard InChI is InChI=1S/C22H22ClN3/c1-3-11-25-12-8-22-20(15-25)19-13-18(23)4-5-21(19)26(22)14-16(2)17-6-9-24-10-7-17/h3-7,9-10,13-14H,1,8,11-12,15H2,2H3. The molecule has 4 heteroatoms. The third-order valence-electron chi connectivity index (χ3n) is 5.07. The summed E-state index contributed by atoms with van der Waals surface area (Å²) in [5, 5.41) is 2.04. The van der Waals surface area contributed by atoms with Crippen LogP contribution in [-0.4, -0.2) is 27.5 Å². The molecule has 3 nitrogen and oxygen atoms in total. The Morgan fingerprint density at radius 2 is 2.08 bits per heavy atom. The van der Waals surface area contributed by atoms with Gasteiger partial charge in [-0.3, -0.25) is 9.88 Å². The Bertz CT molecular complexity index is 986. The first-order valence-electron chi connectivity index (χ1n) is 8.90. The minimum absolute atomic E-state index is 0.785. The summed E-state index contributed by atoms with van der Waals surface area (Å²) < 4.78 is 2.35. The molecule has 1 aliphatic heterocycles. The smallest absolute Gasteiger partial charge is 0.0529 e. The van der Waals surface area contributed by atoms with Gasteiger partial charge >= 0.3 is 0 Å². The average Bonchev–Trinajstić information content (AvgIpc) is 2.95. The monoisotopic (exact) mass is 363 g/mol. The zero-order valence-electron chi connectivity index (χ0n) is 15.0. The van der Waals surface area contributed by atoms with Crippen molar-refractivity contribution in [1.29, 1.82) is 0 Å². The molecule has 0 atom stereocenters. The summed E-state index contributed by atoms with van der Waals surface area (Å²) in [5.41, 5.74) is 6.39. The van der Waals surface area contributed by atoms with Crippen LogP contribution in [0.25, 0.3) is 22.7 Å². The maximum atomic E-state index is 6.31. The lowest BCUT2D eigenvalue weighted by molar-refractivity contribution is 0.281. The highest BCUT2D eigenvalue weighted by atomic mass is 35.5. The van der Waals surface area contributed by atoms with Crippen LogP contribution in [-0.2, 0) is 13.0 Å². The quantitative estimate of drug-likeness (QED) is 0.590. The summed E-state index contributed by atoms with van der Waals surface area (Å²) in [5.74, 6) is 0. The van der Waals surface area contributed by atoms with E-state index in [-0.39, 0.29) is 0 Å². The van der Waals surface area contributed by atoms with Gasteiger partial charge in [0.05, 0.1) is 5.52 Å². The second-order valence-corrected chi connectivity index (χ2v) is 7.21. The zero-order valence-corrected chi connectivity index (χ0v) is 15.7. The summed E-state index contributed by atoms with van der Waals surface area (Å²) in [7, 11) is 0.